The van der Waals surface area contributed by atoms with Gasteiger partial charge in [-0.25, -0.2) is 4.39 Å². The van der Waals surface area contributed by atoms with Gasteiger partial charge in [0, 0.05) is 12.6 Å². The van der Waals surface area contributed by atoms with Crippen molar-refractivity contribution in [2.45, 2.75) is 20.0 Å². The SMILES string of the molecule is Cc1c(/C=C2\SC(=S)N(Cc3ccc(F)cc3)C2=O)c(NCc2ccco2)n(C)c(=O)c1C#N. The minimum Gasteiger partial charge on any atom is -0.467 e. The predicted octanol–water partition coefficient (Wildman–Crippen LogP) is 4.31. The van der Waals surface area contributed by atoms with Crippen LogP contribution in [-0.2, 0) is 24.9 Å². The topological polar surface area (TPSA) is 91.3 Å². The van der Waals surface area contributed by atoms with Crippen molar-refractivity contribution in [3.05, 3.63) is 91.8 Å². The van der Waals surface area contributed by atoms with E-state index in [0.29, 0.717) is 38.5 Å². The quantitative estimate of drug-likeness (QED) is 0.403. The van der Waals surface area contributed by atoms with Crippen LogP contribution in [0.25, 0.3) is 6.08 Å². The molecule has 1 N–H and O–H groups in total. The van der Waals surface area contributed by atoms with Gasteiger partial charge >= 0.3 is 0 Å². The van der Waals surface area contributed by atoms with E-state index in [-0.39, 0.29) is 23.8 Å². The molecule has 1 fully saturated rings. The van der Waals surface area contributed by atoms with Crippen LogP contribution in [0.2, 0.25) is 0 Å². The van der Waals surface area contributed by atoms with Crippen LogP contribution >= 0.6 is 24.0 Å². The Balaban J connectivity index is 1.72. The van der Waals surface area contributed by atoms with E-state index in [9.17, 15) is 19.2 Å². The number of benzene rings is 1. The number of nitriles is 1. The molecular weight excluding hydrogens is 475 g/mol. The van der Waals surface area contributed by atoms with Crippen LogP contribution in [0.5, 0.6) is 0 Å². The lowest BCUT2D eigenvalue weighted by atomic mass is 10.0. The molecule has 1 amide bonds. The van der Waals surface area contributed by atoms with Crippen LogP contribution in [0.4, 0.5) is 10.2 Å². The van der Waals surface area contributed by atoms with E-state index in [0.717, 1.165) is 17.3 Å². The van der Waals surface area contributed by atoms with Crippen LogP contribution in [0.1, 0.15) is 28.0 Å². The van der Waals surface area contributed by atoms with Crippen molar-refractivity contribution >= 4 is 46.1 Å². The Kier molecular flexibility index (Phi) is 6.68. The molecule has 4 rings (SSSR count). The van der Waals surface area contributed by atoms with Crippen molar-refractivity contribution in [3.63, 3.8) is 0 Å². The molecule has 10 heteroatoms. The lowest BCUT2D eigenvalue weighted by molar-refractivity contribution is -0.122. The van der Waals surface area contributed by atoms with Gasteiger partial charge in [-0.3, -0.25) is 19.1 Å². The highest BCUT2D eigenvalue weighted by molar-refractivity contribution is 8.26. The van der Waals surface area contributed by atoms with E-state index in [2.05, 4.69) is 5.32 Å². The van der Waals surface area contributed by atoms with Crippen molar-refractivity contribution < 1.29 is 13.6 Å². The summed E-state index contributed by atoms with van der Waals surface area (Å²) in [6.45, 7) is 2.18. The molecule has 1 aromatic carbocycles. The number of furan rings is 1. The Morgan fingerprint density at radius 3 is 2.65 bits per heavy atom. The molecule has 3 heterocycles. The average molecular weight is 495 g/mol. The Labute approximate surface area is 204 Å². The van der Waals surface area contributed by atoms with Crippen molar-refractivity contribution in [2.75, 3.05) is 5.32 Å². The smallest absolute Gasteiger partial charge is 0.270 e. The first-order valence-electron chi connectivity index (χ1n) is 10.2. The number of hydrogen-bond donors (Lipinski definition) is 1. The summed E-state index contributed by atoms with van der Waals surface area (Å²) in [5.74, 6) is 0.442. The number of carbonyl (C=O) groups is 1. The summed E-state index contributed by atoms with van der Waals surface area (Å²) in [5.41, 5.74) is 1.29. The number of thiocarbonyl (C=S) groups is 1. The van der Waals surface area contributed by atoms with Crippen molar-refractivity contribution in [3.8, 4) is 6.07 Å². The largest absolute Gasteiger partial charge is 0.467 e. The highest BCUT2D eigenvalue weighted by Crippen LogP contribution is 2.35. The normalized spacial score (nSPS) is 14.6. The molecule has 34 heavy (non-hydrogen) atoms. The summed E-state index contributed by atoms with van der Waals surface area (Å²) >= 11 is 6.55. The fourth-order valence-electron chi connectivity index (χ4n) is 3.57. The standard InChI is InChI=1S/C24H19FN4O3S2/c1-14-18(21(27-12-17-4-3-9-32-17)28(2)22(30)19(14)11-26)10-20-23(31)29(24(33)34-20)13-15-5-7-16(25)8-6-15/h3-10,27H,12-13H2,1-2H3/b20-10-. The number of amides is 1. The van der Waals surface area contributed by atoms with Gasteiger partial charge in [0.05, 0.1) is 24.3 Å². The number of hydrogen-bond acceptors (Lipinski definition) is 7. The maximum absolute atomic E-state index is 13.2. The Morgan fingerprint density at radius 1 is 1.26 bits per heavy atom. The van der Waals surface area contributed by atoms with E-state index in [1.807, 2.05) is 6.07 Å². The molecule has 1 aliphatic rings. The number of carbonyl (C=O) groups excluding carboxylic acids is 1. The highest BCUT2D eigenvalue weighted by Gasteiger charge is 2.32. The van der Waals surface area contributed by atoms with Crippen molar-refractivity contribution in [1.82, 2.24) is 9.47 Å². The van der Waals surface area contributed by atoms with Gasteiger partial charge in [-0.2, -0.15) is 5.26 Å². The first kappa shape index (κ1) is 23.5. The predicted molar refractivity (Wildman–Crippen MR) is 132 cm³/mol. The first-order chi connectivity index (χ1) is 16.3. The molecule has 0 aliphatic carbocycles. The molecule has 7 nitrogen and oxygen atoms in total. The van der Waals surface area contributed by atoms with Gasteiger partial charge in [0.1, 0.15) is 33.3 Å². The molecule has 1 saturated heterocycles. The van der Waals surface area contributed by atoms with E-state index >= 15 is 0 Å². The molecular formula is C24H19FN4O3S2. The maximum Gasteiger partial charge on any atom is 0.270 e. The lowest BCUT2D eigenvalue weighted by Crippen LogP contribution is -2.27. The zero-order chi connectivity index (χ0) is 24.4. The van der Waals surface area contributed by atoms with Gasteiger partial charge in [0.2, 0.25) is 0 Å². The monoisotopic (exact) mass is 494 g/mol. The van der Waals surface area contributed by atoms with Crippen LogP contribution in [0.15, 0.2) is 56.8 Å². The number of halogens is 1. The second-order valence-corrected chi connectivity index (χ2v) is 9.24. The van der Waals surface area contributed by atoms with Gasteiger partial charge in [-0.15, -0.1) is 0 Å². The van der Waals surface area contributed by atoms with Gasteiger partial charge in [0.25, 0.3) is 11.5 Å². The highest BCUT2D eigenvalue weighted by atomic mass is 32.2. The van der Waals surface area contributed by atoms with Gasteiger partial charge in [-0.1, -0.05) is 36.1 Å². The summed E-state index contributed by atoms with van der Waals surface area (Å²) in [7, 11) is 1.56. The lowest BCUT2D eigenvalue weighted by Gasteiger charge is -2.17. The molecule has 3 aromatic rings. The number of nitrogens with zero attached hydrogens (tertiary/aromatic N) is 3. The molecule has 172 valence electrons. The summed E-state index contributed by atoms with van der Waals surface area (Å²) in [6, 6.07) is 11.4. The van der Waals surface area contributed by atoms with Crippen molar-refractivity contribution in [1.29, 1.82) is 5.26 Å². The fourth-order valence-corrected chi connectivity index (χ4v) is 4.81. The molecule has 0 bridgehead atoms. The fraction of sp³-hybridized carbons (Fsp3) is 0.167. The second-order valence-electron chi connectivity index (χ2n) is 7.57. The number of anilines is 1. The van der Waals surface area contributed by atoms with E-state index in [4.69, 9.17) is 16.6 Å². The van der Waals surface area contributed by atoms with Crippen molar-refractivity contribution in [2.24, 2.45) is 7.05 Å². The third-order valence-electron chi connectivity index (χ3n) is 5.41. The van der Waals surface area contributed by atoms with Gasteiger partial charge in [-0.05, 0) is 48.4 Å². The molecule has 2 aromatic heterocycles. The average Bonchev–Trinajstić information content (AvgIpc) is 3.43. The summed E-state index contributed by atoms with van der Waals surface area (Å²) in [6.07, 6.45) is 3.19. The Morgan fingerprint density at radius 2 is 2.00 bits per heavy atom. The van der Waals surface area contributed by atoms with E-state index < -0.39 is 5.56 Å². The van der Waals surface area contributed by atoms with Gasteiger partial charge in [0.15, 0.2) is 0 Å². The van der Waals surface area contributed by atoms with Crippen LogP contribution < -0.4 is 10.9 Å². The molecule has 0 atom stereocenters. The van der Waals surface area contributed by atoms with E-state index in [1.165, 1.54) is 21.6 Å². The third-order valence-corrected chi connectivity index (χ3v) is 6.79. The van der Waals surface area contributed by atoms with Gasteiger partial charge < -0.3 is 9.73 Å². The van der Waals surface area contributed by atoms with Crippen LogP contribution in [-0.4, -0.2) is 19.7 Å². The minimum absolute atomic E-state index is 0.000843. The van der Waals surface area contributed by atoms with E-state index in [1.54, 1.807) is 50.6 Å². The summed E-state index contributed by atoms with van der Waals surface area (Å²) < 4.78 is 20.3. The first-order valence-corrected chi connectivity index (χ1v) is 11.4. The molecule has 0 spiro atoms. The minimum atomic E-state index is -0.442. The maximum atomic E-state index is 13.2. The number of thioether (sulfide) groups is 1. The number of nitrogens with one attached hydrogen (secondary N) is 1. The van der Waals surface area contributed by atoms with Crippen LogP contribution in [0.3, 0.4) is 0 Å². The zero-order valence-corrected chi connectivity index (χ0v) is 19.9. The third kappa shape index (κ3) is 4.53. The van der Waals surface area contributed by atoms with Crippen LogP contribution in [0, 0.1) is 24.1 Å². The number of pyridine rings is 1. The number of rotatable bonds is 6. The number of aromatic nitrogens is 1. The summed E-state index contributed by atoms with van der Waals surface area (Å²) in [4.78, 5) is 27.7. The molecule has 0 radical (unpaired) electrons. The Bertz CT molecular complexity index is 1400. The molecule has 0 saturated carbocycles. The Hall–Kier alpha value is -3.68. The second kappa shape index (κ2) is 9.67. The summed E-state index contributed by atoms with van der Waals surface area (Å²) in [5, 5.41) is 12.7. The zero-order valence-electron chi connectivity index (χ0n) is 18.3. The molecule has 1 aliphatic heterocycles. The molecule has 0 unspecified atom stereocenters.